The van der Waals surface area contributed by atoms with Crippen LogP contribution in [0.5, 0.6) is 0 Å². The van der Waals surface area contributed by atoms with Gasteiger partial charge in [-0.2, -0.15) is 0 Å². The van der Waals surface area contributed by atoms with Crippen molar-refractivity contribution in [3.63, 3.8) is 0 Å². The topological polar surface area (TPSA) is 61.9 Å². The molecule has 0 bridgehead atoms. The van der Waals surface area contributed by atoms with Crippen LogP contribution in [0.2, 0.25) is 0 Å². The summed E-state index contributed by atoms with van der Waals surface area (Å²) in [6.07, 6.45) is 0.241. The monoisotopic (exact) mass is 443 g/mol. The molecular weight excluding hydrogens is 414 g/mol. The fourth-order valence-electron chi connectivity index (χ4n) is 4.77. The van der Waals surface area contributed by atoms with Gasteiger partial charge in [0.1, 0.15) is 0 Å². The average molecular weight is 444 g/mol. The summed E-state index contributed by atoms with van der Waals surface area (Å²) in [5, 5.41) is 5.21. The zero-order chi connectivity index (χ0) is 22.6. The predicted octanol–water partition coefficient (Wildman–Crippen LogP) is 3.34. The number of hydrogen-bond donors (Lipinski definition) is 1. The molecular formula is C27H29N3O3. The lowest BCUT2D eigenvalue weighted by Gasteiger charge is -2.27. The Morgan fingerprint density at radius 2 is 1.67 bits per heavy atom. The predicted molar refractivity (Wildman–Crippen MR) is 129 cm³/mol. The fourth-order valence-corrected chi connectivity index (χ4v) is 4.77. The van der Waals surface area contributed by atoms with Gasteiger partial charge < -0.3 is 15.0 Å². The molecule has 0 saturated carbocycles. The van der Waals surface area contributed by atoms with Gasteiger partial charge in [-0.15, -0.1) is 0 Å². The smallest absolute Gasteiger partial charge is 0.227 e. The number of benzene rings is 3. The number of fused-ring (bicyclic) bond motifs is 1. The first-order chi connectivity index (χ1) is 16.2. The minimum absolute atomic E-state index is 0.000722. The second-order valence-electron chi connectivity index (χ2n) is 8.78. The van der Waals surface area contributed by atoms with E-state index >= 15 is 0 Å². The molecule has 0 aliphatic carbocycles. The van der Waals surface area contributed by atoms with E-state index in [0.717, 1.165) is 54.9 Å². The second-order valence-corrected chi connectivity index (χ2v) is 8.78. The molecule has 3 aromatic rings. The number of anilines is 1. The van der Waals surface area contributed by atoms with Crippen molar-refractivity contribution in [2.45, 2.75) is 19.5 Å². The summed E-state index contributed by atoms with van der Waals surface area (Å²) in [6, 6.07) is 22.2. The molecule has 2 heterocycles. The molecule has 0 unspecified atom stereocenters. The zero-order valence-electron chi connectivity index (χ0n) is 18.7. The standard InChI is InChI=1S/C27H29N3O3/c31-26-16-23(19-30(26)25-11-5-9-20-6-3-4-10-24(20)25)27(32)28-17-21-7-1-2-8-22(21)18-29-12-14-33-15-13-29/h1-11,23H,12-19H2,(H,28,32)/t23-/m1/s1. The van der Waals surface area contributed by atoms with Gasteiger partial charge in [0.25, 0.3) is 0 Å². The van der Waals surface area contributed by atoms with E-state index in [1.807, 2.05) is 54.6 Å². The van der Waals surface area contributed by atoms with Gasteiger partial charge in [0, 0.05) is 44.5 Å². The highest BCUT2D eigenvalue weighted by molar-refractivity contribution is 6.06. The molecule has 2 aliphatic heterocycles. The molecule has 1 N–H and O–H groups in total. The Morgan fingerprint density at radius 3 is 2.52 bits per heavy atom. The van der Waals surface area contributed by atoms with Gasteiger partial charge in [0.05, 0.1) is 24.8 Å². The van der Waals surface area contributed by atoms with E-state index in [4.69, 9.17) is 4.74 Å². The third kappa shape index (κ3) is 4.77. The van der Waals surface area contributed by atoms with Crippen LogP contribution in [0.1, 0.15) is 17.5 Å². The molecule has 170 valence electrons. The van der Waals surface area contributed by atoms with Gasteiger partial charge in [-0.05, 0) is 22.6 Å². The highest BCUT2D eigenvalue weighted by Gasteiger charge is 2.35. The lowest BCUT2D eigenvalue weighted by molar-refractivity contribution is -0.126. The Kier molecular flexibility index (Phi) is 6.37. The SMILES string of the molecule is O=C(NCc1ccccc1CN1CCOCC1)[C@@H]1CC(=O)N(c2cccc3ccccc23)C1. The number of carbonyl (C=O) groups is 2. The Morgan fingerprint density at radius 1 is 0.939 bits per heavy atom. The van der Waals surface area contributed by atoms with Crippen LogP contribution in [0.25, 0.3) is 10.8 Å². The highest BCUT2D eigenvalue weighted by atomic mass is 16.5. The van der Waals surface area contributed by atoms with E-state index in [0.29, 0.717) is 13.1 Å². The third-order valence-corrected chi connectivity index (χ3v) is 6.62. The van der Waals surface area contributed by atoms with E-state index in [2.05, 4.69) is 22.3 Å². The maximum atomic E-state index is 13.0. The highest BCUT2D eigenvalue weighted by Crippen LogP contribution is 2.31. The molecule has 1 atom stereocenters. The average Bonchev–Trinajstić information content (AvgIpc) is 3.25. The van der Waals surface area contributed by atoms with Crippen LogP contribution in [-0.4, -0.2) is 49.6 Å². The van der Waals surface area contributed by atoms with E-state index in [-0.39, 0.29) is 24.2 Å². The Bertz CT molecular complexity index is 1150. The molecule has 6 nitrogen and oxygen atoms in total. The van der Waals surface area contributed by atoms with Crippen molar-refractivity contribution in [3.05, 3.63) is 77.9 Å². The Balaban J connectivity index is 1.24. The number of carbonyl (C=O) groups excluding carboxylic acids is 2. The van der Waals surface area contributed by atoms with Gasteiger partial charge >= 0.3 is 0 Å². The van der Waals surface area contributed by atoms with Crippen molar-refractivity contribution in [2.24, 2.45) is 5.92 Å². The number of amides is 2. The van der Waals surface area contributed by atoms with Crippen LogP contribution in [0.3, 0.4) is 0 Å². The van der Waals surface area contributed by atoms with Gasteiger partial charge in [0.15, 0.2) is 0 Å². The summed E-state index contributed by atoms with van der Waals surface area (Å²) in [4.78, 5) is 29.9. The van der Waals surface area contributed by atoms with Crippen molar-refractivity contribution < 1.29 is 14.3 Å². The van der Waals surface area contributed by atoms with Gasteiger partial charge in [-0.1, -0.05) is 60.7 Å². The zero-order valence-corrected chi connectivity index (χ0v) is 18.7. The molecule has 33 heavy (non-hydrogen) atoms. The molecule has 5 rings (SSSR count). The maximum Gasteiger partial charge on any atom is 0.227 e. The fraction of sp³-hybridized carbons (Fsp3) is 0.333. The van der Waals surface area contributed by atoms with Gasteiger partial charge in [0.2, 0.25) is 11.8 Å². The Hall–Kier alpha value is -3.22. The minimum atomic E-state index is -0.345. The lowest BCUT2D eigenvalue weighted by Crippen LogP contribution is -2.36. The van der Waals surface area contributed by atoms with Gasteiger partial charge in [-0.25, -0.2) is 0 Å². The molecule has 2 aliphatic rings. The van der Waals surface area contributed by atoms with E-state index in [1.54, 1.807) is 4.90 Å². The molecule has 0 spiro atoms. The minimum Gasteiger partial charge on any atom is -0.379 e. The first kappa shape index (κ1) is 21.6. The quantitative estimate of drug-likeness (QED) is 0.635. The van der Waals surface area contributed by atoms with Crippen LogP contribution in [0.4, 0.5) is 5.69 Å². The second kappa shape index (κ2) is 9.73. The largest absolute Gasteiger partial charge is 0.379 e. The molecule has 0 aromatic heterocycles. The van der Waals surface area contributed by atoms with Crippen LogP contribution in [0, 0.1) is 5.92 Å². The number of morpholine rings is 1. The number of nitrogens with one attached hydrogen (secondary N) is 1. The summed E-state index contributed by atoms with van der Waals surface area (Å²) >= 11 is 0. The summed E-state index contributed by atoms with van der Waals surface area (Å²) < 4.78 is 5.45. The number of hydrogen-bond acceptors (Lipinski definition) is 4. The van der Waals surface area contributed by atoms with Crippen LogP contribution in [0.15, 0.2) is 66.7 Å². The first-order valence-corrected chi connectivity index (χ1v) is 11.6. The summed E-state index contributed by atoms with van der Waals surface area (Å²) in [5.74, 6) is -0.408. The van der Waals surface area contributed by atoms with E-state index < -0.39 is 0 Å². The van der Waals surface area contributed by atoms with Crippen molar-refractivity contribution in [1.29, 1.82) is 0 Å². The normalized spacial score (nSPS) is 19.2. The van der Waals surface area contributed by atoms with Crippen LogP contribution < -0.4 is 10.2 Å². The summed E-state index contributed by atoms with van der Waals surface area (Å²) in [6.45, 7) is 5.12. The summed E-state index contributed by atoms with van der Waals surface area (Å²) in [7, 11) is 0. The van der Waals surface area contributed by atoms with Crippen molar-refractivity contribution in [1.82, 2.24) is 10.2 Å². The number of rotatable bonds is 6. The van der Waals surface area contributed by atoms with Crippen molar-refractivity contribution >= 4 is 28.3 Å². The lowest BCUT2D eigenvalue weighted by atomic mass is 10.1. The third-order valence-electron chi connectivity index (χ3n) is 6.62. The van der Waals surface area contributed by atoms with E-state index in [1.165, 1.54) is 5.56 Å². The molecule has 2 saturated heterocycles. The Labute approximate surface area is 194 Å². The molecule has 3 aromatic carbocycles. The molecule has 2 amide bonds. The van der Waals surface area contributed by atoms with Gasteiger partial charge in [-0.3, -0.25) is 14.5 Å². The van der Waals surface area contributed by atoms with Crippen LogP contribution >= 0.6 is 0 Å². The van der Waals surface area contributed by atoms with Crippen molar-refractivity contribution in [2.75, 3.05) is 37.7 Å². The number of nitrogens with zero attached hydrogens (tertiary/aromatic N) is 2. The molecule has 0 radical (unpaired) electrons. The van der Waals surface area contributed by atoms with E-state index in [9.17, 15) is 9.59 Å². The molecule has 6 heteroatoms. The first-order valence-electron chi connectivity index (χ1n) is 11.6. The maximum absolute atomic E-state index is 13.0. The van der Waals surface area contributed by atoms with Crippen molar-refractivity contribution in [3.8, 4) is 0 Å². The number of ether oxygens (including phenoxy) is 1. The van der Waals surface area contributed by atoms with Crippen LogP contribution in [-0.2, 0) is 27.4 Å². The molecule has 2 fully saturated rings. The summed E-state index contributed by atoms with van der Waals surface area (Å²) in [5.41, 5.74) is 3.22.